The molecule has 0 radical (unpaired) electrons. The summed E-state index contributed by atoms with van der Waals surface area (Å²) in [6.45, 7) is 2.44. The number of hydrogen-bond donors (Lipinski definition) is 1. The normalized spacial score (nSPS) is 15.1. The van der Waals surface area contributed by atoms with Crippen molar-refractivity contribution in [1.29, 1.82) is 0 Å². The Labute approximate surface area is 202 Å². The van der Waals surface area contributed by atoms with E-state index in [1.54, 1.807) is 30.3 Å². The van der Waals surface area contributed by atoms with Crippen LogP contribution in [0.1, 0.15) is 12.6 Å². The van der Waals surface area contributed by atoms with Gasteiger partial charge in [-0.3, -0.25) is 19.8 Å². The zero-order valence-corrected chi connectivity index (χ0v) is 19.2. The largest absolute Gasteiger partial charge is 0.494 e. The summed E-state index contributed by atoms with van der Waals surface area (Å²) in [6.07, 6.45) is 3.49. The fraction of sp³-hybridized carbons (Fsp3) is 0.0741. The molecule has 1 aliphatic rings. The molecule has 7 heteroatoms. The monoisotopic (exact) mass is 467 g/mol. The summed E-state index contributed by atoms with van der Waals surface area (Å²) in [6, 6.07) is 25.0. The van der Waals surface area contributed by atoms with Crippen molar-refractivity contribution in [3.63, 3.8) is 0 Å². The predicted octanol–water partition coefficient (Wildman–Crippen LogP) is 4.86. The Morgan fingerprint density at radius 1 is 0.912 bits per heavy atom. The first-order chi connectivity index (χ1) is 16.5. The highest BCUT2D eigenvalue weighted by atomic mass is 32.1. The molecule has 1 N–H and O–H groups in total. The predicted molar refractivity (Wildman–Crippen MR) is 137 cm³/mol. The third-order valence-electron chi connectivity index (χ3n) is 5.59. The number of carbonyl (C=O) groups excluding carboxylic acids is 2. The maximum Gasteiger partial charge on any atom is 0.270 e. The zero-order chi connectivity index (χ0) is 23.7. The lowest BCUT2D eigenvalue weighted by Gasteiger charge is -2.29. The van der Waals surface area contributed by atoms with Gasteiger partial charge in [-0.2, -0.15) is 0 Å². The number of nitrogens with zero attached hydrogens (tertiary/aromatic N) is 2. The molecule has 0 saturated carbocycles. The van der Waals surface area contributed by atoms with Gasteiger partial charge in [0.1, 0.15) is 11.3 Å². The molecule has 1 aromatic heterocycles. The Bertz CT molecular complexity index is 1450. The number of fused-ring (bicyclic) bond motifs is 1. The molecule has 1 aliphatic heterocycles. The number of carbonyl (C=O) groups is 2. The Kier molecular flexibility index (Phi) is 5.69. The molecule has 3 aromatic carbocycles. The Balaban J connectivity index is 1.51. The molecule has 168 valence electrons. The smallest absolute Gasteiger partial charge is 0.270 e. The van der Waals surface area contributed by atoms with Gasteiger partial charge in [0.15, 0.2) is 5.11 Å². The Morgan fingerprint density at radius 3 is 2.41 bits per heavy atom. The van der Waals surface area contributed by atoms with Crippen LogP contribution in [-0.4, -0.2) is 28.1 Å². The Morgan fingerprint density at radius 2 is 1.65 bits per heavy atom. The minimum atomic E-state index is -0.525. The molecule has 1 fully saturated rings. The molecular weight excluding hydrogens is 446 g/mol. The van der Waals surface area contributed by atoms with E-state index < -0.39 is 11.8 Å². The number of nitrogens with one attached hydrogen (secondary N) is 1. The molecule has 0 atom stereocenters. The molecule has 2 heterocycles. The van der Waals surface area contributed by atoms with Crippen LogP contribution in [0.2, 0.25) is 0 Å². The Hall–Kier alpha value is -4.23. The third kappa shape index (κ3) is 3.97. The van der Waals surface area contributed by atoms with Crippen molar-refractivity contribution >= 4 is 51.7 Å². The van der Waals surface area contributed by atoms with E-state index in [-0.39, 0.29) is 10.7 Å². The first kappa shape index (κ1) is 21.6. The van der Waals surface area contributed by atoms with Crippen LogP contribution in [0.5, 0.6) is 5.75 Å². The average molecular weight is 468 g/mol. The van der Waals surface area contributed by atoms with Crippen LogP contribution in [0.4, 0.5) is 5.69 Å². The molecule has 0 unspecified atom stereocenters. The number of rotatable bonds is 5. The van der Waals surface area contributed by atoms with Gasteiger partial charge in [0.25, 0.3) is 11.8 Å². The van der Waals surface area contributed by atoms with Crippen LogP contribution in [0.15, 0.2) is 90.6 Å². The SMILES string of the molecule is CCOc1ccc(N2C(=O)/C(=C/c3cccn3-c3ccc4ccccc4c3)C(=O)NC2=S)cc1. The summed E-state index contributed by atoms with van der Waals surface area (Å²) in [5.74, 6) is -0.317. The molecule has 4 aromatic rings. The minimum absolute atomic E-state index is 0.00299. The topological polar surface area (TPSA) is 63.6 Å². The first-order valence-electron chi connectivity index (χ1n) is 10.9. The van der Waals surface area contributed by atoms with Gasteiger partial charge in [0.2, 0.25) is 0 Å². The number of amides is 2. The molecule has 34 heavy (non-hydrogen) atoms. The van der Waals surface area contributed by atoms with Gasteiger partial charge in [-0.25, -0.2) is 0 Å². The molecular formula is C27H21N3O3S. The summed E-state index contributed by atoms with van der Waals surface area (Å²) >= 11 is 5.30. The maximum atomic E-state index is 13.4. The van der Waals surface area contributed by atoms with Crippen molar-refractivity contribution in [2.45, 2.75) is 6.92 Å². The minimum Gasteiger partial charge on any atom is -0.494 e. The lowest BCUT2D eigenvalue weighted by molar-refractivity contribution is -0.122. The zero-order valence-electron chi connectivity index (χ0n) is 18.4. The van der Waals surface area contributed by atoms with Crippen LogP contribution in [0, 0.1) is 0 Å². The number of hydrogen-bond acceptors (Lipinski definition) is 4. The highest BCUT2D eigenvalue weighted by Gasteiger charge is 2.34. The van der Waals surface area contributed by atoms with E-state index in [9.17, 15) is 9.59 Å². The number of anilines is 1. The molecule has 0 bridgehead atoms. The lowest BCUT2D eigenvalue weighted by Crippen LogP contribution is -2.54. The molecule has 5 rings (SSSR count). The van der Waals surface area contributed by atoms with Crippen molar-refractivity contribution < 1.29 is 14.3 Å². The third-order valence-corrected chi connectivity index (χ3v) is 5.88. The van der Waals surface area contributed by atoms with Crippen molar-refractivity contribution in [3.8, 4) is 11.4 Å². The quantitative estimate of drug-likeness (QED) is 0.259. The average Bonchev–Trinajstić information content (AvgIpc) is 3.31. The molecule has 1 saturated heterocycles. The van der Waals surface area contributed by atoms with E-state index in [1.165, 1.54) is 4.90 Å². The molecule has 0 spiro atoms. The van der Waals surface area contributed by atoms with E-state index in [0.717, 1.165) is 16.5 Å². The highest BCUT2D eigenvalue weighted by molar-refractivity contribution is 7.80. The van der Waals surface area contributed by atoms with Crippen molar-refractivity contribution in [1.82, 2.24) is 9.88 Å². The van der Waals surface area contributed by atoms with Gasteiger partial charge in [-0.15, -0.1) is 0 Å². The fourth-order valence-corrected chi connectivity index (χ4v) is 4.25. The van der Waals surface area contributed by atoms with Gasteiger partial charge in [0, 0.05) is 17.6 Å². The van der Waals surface area contributed by atoms with Crippen LogP contribution >= 0.6 is 12.2 Å². The lowest BCUT2D eigenvalue weighted by atomic mass is 10.1. The standard InChI is InChI=1S/C27H21N3O3S/c1-2-33-23-13-11-20(12-14-23)30-26(32)24(25(31)28-27(30)34)17-21-8-5-15-29(21)22-10-9-18-6-3-4-7-19(18)16-22/h3-17H,2H2,1H3,(H,28,31,34)/b24-17+. The number of ether oxygens (including phenoxy) is 1. The van der Waals surface area contributed by atoms with Crippen LogP contribution < -0.4 is 15.0 Å². The van der Waals surface area contributed by atoms with E-state index in [0.29, 0.717) is 23.7 Å². The van der Waals surface area contributed by atoms with Gasteiger partial charge in [-0.05, 0) is 84.5 Å². The summed E-state index contributed by atoms with van der Waals surface area (Å²) in [5.41, 5.74) is 2.18. The van der Waals surface area contributed by atoms with E-state index >= 15 is 0 Å². The summed E-state index contributed by atoms with van der Waals surface area (Å²) in [5, 5.41) is 4.92. The number of aromatic nitrogens is 1. The van der Waals surface area contributed by atoms with Crippen molar-refractivity contribution in [2.24, 2.45) is 0 Å². The molecule has 2 amide bonds. The second-order valence-electron chi connectivity index (χ2n) is 7.72. The highest BCUT2D eigenvalue weighted by Crippen LogP contribution is 2.26. The van der Waals surface area contributed by atoms with Crippen LogP contribution in [0.3, 0.4) is 0 Å². The number of benzene rings is 3. The van der Waals surface area contributed by atoms with Crippen LogP contribution in [0.25, 0.3) is 22.5 Å². The second-order valence-corrected chi connectivity index (χ2v) is 8.11. The van der Waals surface area contributed by atoms with Crippen LogP contribution in [-0.2, 0) is 9.59 Å². The van der Waals surface area contributed by atoms with E-state index in [4.69, 9.17) is 17.0 Å². The maximum absolute atomic E-state index is 13.4. The number of thiocarbonyl (C=S) groups is 1. The van der Waals surface area contributed by atoms with E-state index in [1.807, 2.05) is 60.2 Å². The van der Waals surface area contributed by atoms with Crippen molar-refractivity contribution in [3.05, 3.63) is 96.3 Å². The van der Waals surface area contributed by atoms with E-state index in [2.05, 4.69) is 17.4 Å². The summed E-state index contributed by atoms with van der Waals surface area (Å²) < 4.78 is 7.41. The van der Waals surface area contributed by atoms with Gasteiger partial charge in [-0.1, -0.05) is 30.3 Å². The summed E-state index contributed by atoms with van der Waals surface area (Å²) in [7, 11) is 0. The van der Waals surface area contributed by atoms with Gasteiger partial charge in [0.05, 0.1) is 12.3 Å². The fourth-order valence-electron chi connectivity index (χ4n) is 3.97. The molecule has 0 aliphatic carbocycles. The second kappa shape index (κ2) is 8.96. The summed E-state index contributed by atoms with van der Waals surface area (Å²) in [4.78, 5) is 27.4. The first-order valence-corrected chi connectivity index (χ1v) is 11.3. The van der Waals surface area contributed by atoms with Gasteiger partial charge < -0.3 is 9.30 Å². The van der Waals surface area contributed by atoms with Gasteiger partial charge >= 0.3 is 0 Å². The molecule has 6 nitrogen and oxygen atoms in total. The van der Waals surface area contributed by atoms with Crippen molar-refractivity contribution in [2.75, 3.05) is 11.5 Å².